The van der Waals surface area contributed by atoms with E-state index in [1.807, 2.05) is 25.1 Å². The molecule has 82 valence electrons. The monoisotopic (exact) mass is 208 g/mol. The molecule has 0 aromatic carbocycles. The summed E-state index contributed by atoms with van der Waals surface area (Å²) in [6, 6.07) is 5.45. The van der Waals surface area contributed by atoms with Crippen molar-refractivity contribution >= 4 is 6.03 Å². The van der Waals surface area contributed by atoms with E-state index in [-0.39, 0.29) is 6.04 Å². The summed E-state index contributed by atoms with van der Waals surface area (Å²) in [5.41, 5.74) is 5.91. The molecule has 4 N–H and O–H groups in total. The van der Waals surface area contributed by atoms with Crippen LogP contribution in [0.3, 0.4) is 0 Å². The van der Waals surface area contributed by atoms with Crippen LogP contribution in [-0.2, 0) is 0 Å². The van der Waals surface area contributed by atoms with Gasteiger partial charge in [-0.05, 0) is 19.1 Å². The second kappa shape index (κ2) is 5.98. The van der Waals surface area contributed by atoms with Crippen molar-refractivity contribution in [1.29, 1.82) is 0 Å². The first kappa shape index (κ1) is 11.5. The highest BCUT2D eigenvalue weighted by molar-refractivity contribution is 5.71. The number of primary amides is 1. The van der Waals surface area contributed by atoms with E-state index in [9.17, 15) is 4.79 Å². The molecule has 5 nitrogen and oxygen atoms in total. The van der Waals surface area contributed by atoms with Crippen molar-refractivity contribution < 1.29 is 4.79 Å². The van der Waals surface area contributed by atoms with Crippen LogP contribution in [0.2, 0.25) is 0 Å². The Bertz CT molecular complexity index is 302. The van der Waals surface area contributed by atoms with Gasteiger partial charge in [0.2, 0.25) is 0 Å². The molecule has 0 aliphatic rings. The Hall–Kier alpha value is -1.62. The van der Waals surface area contributed by atoms with Gasteiger partial charge in [-0.3, -0.25) is 4.98 Å². The maximum Gasteiger partial charge on any atom is 0.312 e. The number of amides is 2. The topological polar surface area (TPSA) is 80.0 Å². The van der Waals surface area contributed by atoms with Crippen molar-refractivity contribution in [3.8, 4) is 0 Å². The van der Waals surface area contributed by atoms with E-state index >= 15 is 0 Å². The number of nitrogens with one attached hydrogen (secondary N) is 2. The first-order chi connectivity index (χ1) is 7.20. The smallest absolute Gasteiger partial charge is 0.312 e. The molecule has 1 aromatic heterocycles. The normalized spacial score (nSPS) is 12.1. The molecule has 0 saturated heterocycles. The van der Waals surface area contributed by atoms with Crippen molar-refractivity contribution in [3.05, 3.63) is 30.1 Å². The third-order valence-electron chi connectivity index (χ3n) is 2.01. The van der Waals surface area contributed by atoms with Crippen LogP contribution in [0.15, 0.2) is 24.4 Å². The molecule has 15 heavy (non-hydrogen) atoms. The number of carbonyl (C=O) groups excluding carboxylic acids is 1. The molecule has 0 saturated carbocycles. The van der Waals surface area contributed by atoms with Crippen LogP contribution < -0.4 is 16.4 Å². The largest absolute Gasteiger partial charge is 0.352 e. The maximum atomic E-state index is 10.4. The van der Waals surface area contributed by atoms with Gasteiger partial charge in [-0.25, -0.2) is 4.79 Å². The summed E-state index contributed by atoms with van der Waals surface area (Å²) >= 11 is 0. The molecule has 0 fully saturated rings. The predicted octanol–water partition coefficient (Wildman–Crippen LogP) is 0.400. The number of carbonyl (C=O) groups is 1. The third-order valence-corrected chi connectivity index (χ3v) is 2.01. The van der Waals surface area contributed by atoms with Gasteiger partial charge in [0.25, 0.3) is 0 Å². The quantitative estimate of drug-likeness (QED) is 0.613. The fraction of sp³-hybridized carbons (Fsp3) is 0.400. The Kier molecular flexibility index (Phi) is 4.56. The minimum Gasteiger partial charge on any atom is -0.352 e. The lowest BCUT2D eigenvalue weighted by Crippen LogP contribution is -2.36. The van der Waals surface area contributed by atoms with Gasteiger partial charge in [0.05, 0.1) is 5.69 Å². The first-order valence-electron chi connectivity index (χ1n) is 4.88. The van der Waals surface area contributed by atoms with Gasteiger partial charge in [-0.15, -0.1) is 0 Å². The molecular weight excluding hydrogens is 192 g/mol. The molecule has 1 atom stereocenters. The highest BCUT2D eigenvalue weighted by atomic mass is 16.2. The lowest BCUT2D eigenvalue weighted by Gasteiger charge is -2.12. The van der Waals surface area contributed by atoms with E-state index < -0.39 is 6.03 Å². The number of nitrogens with two attached hydrogens (primary N) is 1. The third kappa shape index (κ3) is 4.42. The summed E-state index contributed by atoms with van der Waals surface area (Å²) in [6.45, 7) is 3.21. The molecule has 5 heteroatoms. The number of pyridine rings is 1. The van der Waals surface area contributed by atoms with Crippen LogP contribution in [0.25, 0.3) is 0 Å². The Morgan fingerprint density at radius 2 is 2.33 bits per heavy atom. The number of nitrogens with zero attached hydrogens (tertiary/aromatic N) is 1. The predicted molar refractivity (Wildman–Crippen MR) is 58.2 cm³/mol. The van der Waals surface area contributed by atoms with Crippen LogP contribution >= 0.6 is 0 Å². The molecule has 2 amide bonds. The summed E-state index contributed by atoms with van der Waals surface area (Å²) in [6.07, 6.45) is 1.76. The van der Waals surface area contributed by atoms with Crippen molar-refractivity contribution in [2.24, 2.45) is 5.73 Å². The minimum atomic E-state index is -0.498. The second-order valence-electron chi connectivity index (χ2n) is 3.22. The molecule has 0 spiro atoms. The van der Waals surface area contributed by atoms with Gasteiger partial charge < -0.3 is 16.4 Å². The summed E-state index contributed by atoms with van der Waals surface area (Å²) in [5.74, 6) is 0. The van der Waals surface area contributed by atoms with Gasteiger partial charge in [0.15, 0.2) is 0 Å². The summed E-state index contributed by atoms with van der Waals surface area (Å²) in [4.78, 5) is 14.6. The highest BCUT2D eigenvalue weighted by Crippen LogP contribution is 2.06. The van der Waals surface area contributed by atoms with E-state index in [0.29, 0.717) is 13.1 Å². The zero-order valence-corrected chi connectivity index (χ0v) is 8.73. The van der Waals surface area contributed by atoms with E-state index in [2.05, 4.69) is 15.6 Å². The number of hydrogen-bond donors (Lipinski definition) is 3. The van der Waals surface area contributed by atoms with Gasteiger partial charge in [0.1, 0.15) is 0 Å². The summed E-state index contributed by atoms with van der Waals surface area (Å²) in [5, 5.41) is 5.73. The standard InChI is InChI=1S/C10H16N4O/c1-8(9-4-2-3-5-13-9)12-6-7-14-10(11)15/h2-5,8,12H,6-7H2,1H3,(H3,11,14,15). The van der Waals surface area contributed by atoms with Crippen LogP contribution in [0.1, 0.15) is 18.7 Å². The van der Waals surface area contributed by atoms with Crippen LogP contribution in [0, 0.1) is 0 Å². The zero-order chi connectivity index (χ0) is 11.1. The van der Waals surface area contributed by atoms with Crippen molar-refractivity contribution in [2.75, 3.05) is 13.1 Å². The molecule has 1 aromatic rings. The van der Waals surface area contributed by atoms with Gasteiger partial charge in [0, 0.05) is 25.3 Å². The van der Waals surface area contributed by atoms with Crippen LogP contribution in [0.5, 0.6) is 0 Å². The SMILES string of the molecule is CC(NCCNC(N)=O)c1ccccn1. The van der Waals surface area contributed by atoms with E-state index in [0.717, 1.165) is 5.69 Å². The molecular formula is C10H16N4O. The molecule has 0 aliphatic heterocycles. The molecule has 1 rings (SSSR count). The lowest BCUT2D eigenvalue weighted by molar-refractivity contribution is 0.249. The molecule has 0 aliphatic carbocycles. The Morgan fingerprint density at radius 3 is 2.93 bits per heavy atom. The average molecular weight is 208 g/mol. The minimum absolute atomic E-state index is 0.167. The molecule has 0 bridgehead atoms. The number of aromatic nitrogens is 1. The van der Waals surface area contributed by atoms with Gasteiger partial charge >= 0.3 is 6.03 Å². The van der Waals surface area contributed by atoms with Gasteiger partial charge in [-0.1, -0.05) is 6.07 Å². The van der Waals surface area contributed by atoms with Gasteiger partial charge in [-0.2, -0.15) is 0 Å². The second-order valence-corrected chi connectivity index (χ2v) is 3.22. The van der Waals surface area contributed by atoms with Crippen molar-refractivity contribution in [1.82, 2.24) is 15.6 Å². The fourth-order valence-corrected chi connectivity index (χ4v) is 1.21. The Morgan fingerprint density at radius 1 is 1.53 bits per heavy atom. The van der Waals surface area contributed by atoms with Crippen molar-refractivity contribution in [2.45, 2.75) is 13.0 Å². The molecule has 1 heterocycles. The summed E-state index contributed by atoms with van der Waals surface area (Å²) in [7, 11) is 0. The van der Waals surface area contributed by atoms with E-state index in [4.69, 9.17) is 5.73 Å². The van der Waals surface area contributed by atoms with Crippen LogP contribution in [0.4, 0.5) is 4.79 Å². The van der Waals surface area contributed by atoms with Crippen LogP contribution in [-0.4, -0.2) is 24.1 Å². The van der Waals surface area contributed by atoms with Crippen molar-refractivity contribution in [3.63, 3.8) is 0 Å². The first-order valence-corrected chi connectivity index (χ1v) is 4.88. The van der Waals surface area contributed by atoms with E-state index in [1.54, 1.807) is 6.20 Å². The fourth-order valence-electron chi connectivity index (χ4n) is 1.21. The Balaban J connectivity index is 2.25. The average Bonchev–Trinajstić information content (AvgIpc) is 2.25. The number of hydrogen-bond acceptors (Lipinski definition) is 3. The Labute approximate surface area is 89.1 Å². The zero-order valence-electron chi connectivity index (χ0n) is 8.73. The maximum absolute atomic E-state index is 10.4. The number of rotatable bonds is 5. The summed E-state index contributed by atoms with van der Waals surface area (Å²) < 4.78 is 0. The lowest BCUT2D eigenvalue weighted by atomic mass is 10.2. The molecule has 1 unspecified atom stereocenters. The highest BCUT2D eigenvalue weighted by Gasteiger charge is 2.04. The molecule has 0 radical (unpaired) electrons. The number of urea groups is 1. The van der Waals surface area contributed by atoms with E-state index in [1.165, 1.54) is 0 Å².